The van der Waals surface area contributed by atoms with Gasteiger partial charge in [0.15, 0.2) is 0 Å². The number of carbonyl (C=O) groups is 2. The van der Waals surface area contributed by atoms with Crippen molar-refractivity contribution in [2.75, 3.05) is 44.6 Å². The number of hydrogen-bond donors (Lipinski definition) is 2. The summed E-state index contributed by atoms with van der Waals surface area (Å²) in [5.41, 5.74) is 8.02. The number of hydrogen-bond acceptors (Lipinski definition) is 5. The fourth-order valence-electron chi connectivity index (χ4n) is 3.28. The zero-order valence-electron chi connectivity index (χ0n) is 17.2. The lowest BCUT2D eigenvalue weighted by Gasteiger charge is -2.34. The van der Waals surface area contributed by atoms with E-state index in [0.717, 1.165) is 17.0 Å². The van der Waals surface area contributed by atoms with Gasteiger partial charge in [-0.3, -0.25) is 14.5 Å². The van der Waals surface area contributed by atoms with Crippen LogP contribution < -0.4 is 15.8 Å². The van der Waals surface area contributed by atoms with Gasteiger partial charge in [0, 0.05) is 44.0 Å². The quantitative estimate of drug-likeness (QED) is 0.701. The van der Waals surface area contributed by atoms with E-state index in [1.807, 2.05) is 60.4 Å². The van der Waals surface area contributed by atoms with E-state index >= 15 is 0 Å². The molecule has 2 aromatic carbocycles. The van der Waals surface area contributed by atoms with Gasteiger partial charge in [0.2, 0.25) is 5.91 Å². The van der Waals surface area contributed by atoms with Crippen molar-refractivity contribution in [1.29, 1.82) is 0 Å². The number of benzene rings is 2. The molecule has 0 aromatic heterocycles. The van der Waals surface area contributed by atoms with Crippen molar-refractivity contribution >= 4 is 29.9 Å². The first-order chi connectivity index (χ1) is 14.1. The van der Waals surface area contributed by atoms with Crippen LogP contribution in [0.25, 0.3) is 0 Å². The summed E-state index contributed by atoms with van der Waals surface area (Å²) >= 11 is 0. The second kappa shape index (κ2) is 11.5. The summed E-state index contributed by atoms with van der Waals surface area (Å²) in [5, 5.41) is 2.90. The molecule has 0 unspecified atom stereocenters. The lowest BCUT2D eigenvalue weighted by atomic mass is 10.1. The number of nitrogens with one attached hydrogen (secondary N) is 1. The van der Waals surface area contributed by atoms with Crippen LogP contribution in [0.5, 0.6) is 5.75 Å². The summed E-state index contributed by atoms with van der Waals surface area (Å²) in [4.78, 5) is 28.8. The van der Waals surface area contributed by atoms with Crippen LogP contribution in [0.1, 0.15) is 22.8 Å². The average Bonchev–Trinajstić information content (AvgIpc) is 2.75. The Morgan fingerprint density at radius 1 is 1.00 bits per heavy atom. The third-order valence-corrected chi connectivity index (χ3v) is 4.91. The number of anilines is 1. The van der Waals surface area contributed by atoms with E-state index < -0.39 is 0 Å². The number of halogens is 1. The first-order valence-electron chi connectivity index (χ1n) is 9.92. The predicted octanol–water partition coefficient (Wildman–Crippen LogP) is 2.36. The van der Waals surface area contributed by atoms with Gasteiger partial charge < -0.3 is 20.7 Å². The van der Waals surface area contributed by atoms with Crippen molar-refractivity contribution in [1.82, 2.24) is 9.80 Å². The minimum absolute atomic E-state index is 0. The Morgan fingerprint density at radius 2 is 1.63 bits per heavy atom. The molecule has 0 spiro atoms. The molecule has 1 heterocycles. The van der Waals surface area contributed by atoms with Crippen molar-refractivity contribution < 1.29 is 14.3 Å². The first-order valence-corrected chi connectivity index (χ1v) is 9.92. The molecule has 1 saturated heterocycles. The van der Waals surface area contributed by atoms with E-state index in [1.165, 1.54) is 0 Å². The zero-order chi connectivity index (χ0) is 20.6. The lowest BCUT2D eigenvalue weighted by molar-refractivity contribution is -0.117. The zero-order valence-corrected chi connectivity index (χ0v) is 18.0. The normalized spacial score (nSPS) is 14.0. The summed E-state index contributed by atoms with van der Waals surface area (Å²) in [5.74, 6) is 0.738. The van der Waals surface area contributed by atoms with Crippen LogP contribution in [0.4, 0.5) is 5.69 Å². The molecule has 1 aliphatic heterocycles. The molecule has 0 radical (unpaired) electrons. The Kier molecular flexibility index (Phi) is 9.11. The van der Waals surface area contributed by atoms with E-state index in [2.05, 4.69) is 10.2 Å². The SMILES string of the molecule is CCOc1ccc(NC(=O)CN2CCN(C(=O)c3ccc(CN)cc3)CC2)cc1.Cl. The van der Waals surface area contributed by atoms with Crippen LogP contribution in [0.15, 0.2) is 48.5 Å². The van der Waals surface area contributed by atoms with Gasteiger partial charge in [-0.1, -0.05) is 12.1 Å². The van der Waals surface area contributed by atoms with E-state index in [9.17, 15) is 9.59 Å². The van der Waals surface area contributed by atoms with Crippen LogP contribution in [-0.2, 0) is 11.3 Å². The van der Waals surface area contributed by atoms with Gasteiger partial charge in [-0.25, -0.2) is 0 Å². The molecule has 7 nitrogen and oxygen atoms in total. The van der Waals surface area contributed by atoms with Crippen LogP contribution in [0, 0.1) is 0 Å². The maximum Gasteiger partial charge on any atom is 0.253 e. The number of amides is 2. The molecule has 2 amide bonds. The Labute approximate surface area is 183 Å². The molecule has 3 N–H and O–H groups in total. The number of nitrogens with zero attached hydrogens (tertiary/aromatic N) is 2. The largest absolute Gasteiger partial charge is 0.494 e. The first kappa shape index (κ1) is 23.7. The van der Waals surface area contributed by atoms with Gasteiger partial charge >= 0.3 is 0 Å². The maximum absolute atomic E-state index is 12.6. The molecule has 1 fully saturated rings. The van der Waals surface area contributed by atoms with E-state index in [1.54, 1.807) is 0 Å². The summed E-state index contributed by atoms with van der Waals surface area (Å²) in [6.45, 7) is 5.86. The fraction of sp³-hybridized carbons (Fsp3) is 0.364. The second-order valence-corrected chi connectivity index (χ2v) is 6.97. The number of piperazine rings is 1. The van der Waals surface area contributed by atoms with Crippen LogP contribution in [0.3, 0.4) is 0 Å². The molecular weight excluding hydrogens is 404 g/mol. The van der Waals surface area contributed by atoms with Gasteiger partial charge in [0.1, 0.15) is 5.75 Å². The third-order valence-electron chi connectivity index (χ3n) is 4.91. The molecule has 1 aliphatic rings. The average molecular weight is 433 g/mol. The van der Waals surface area contributed by atoms with Crippen molar-refractivity contribution in [3.8, 4) is 5.75 Å². The smallest absolute Gasteiger partial charge is 0.253 e. The van der Waals surface area contributed by atoms with Gasteiger partial charge in [0.25, 0.3) is 5.91 Å². The lowest BCUT2D eigenvalue weighted by Crippen LogP contribution is -2.50. The molecule has 0 atom stereocenters. The Hall–Kier alpha value is -2.61. The van der Waals surface area contributed by atoms with Gasteiger partial charge in [-0.15, -0.1) is 12.4 Å². The second-order valence-electron chi connectivity index (χ2n) is 6.97. The Morgan fingerprint density at radius 3 is 2.20 bits per heavy atom. The van der Waals surface area contributed by atoms with Gasteiger partial charge in [-0.2, -0.15) is 0 Å². The molecule has 3 rings (SSSR count). The minimum Gasteiger partial charge on any atom is -0.494 e. The third kappa shape index (κ3) is 6.45. The molecular formula is C22H29ClN4O3. The molecule has 162 valence electrons. The highest BCUT2D eigenvalue weighted by Crippen LogP contribution is 2.16. The summed E-state index contributed by atoms with van der Waals surface area (Å²) < 4.78 is 5.40. The molecule has 2 aromatic rings. The fourth-order valence-corrected chi connectivity index (χ4v) is 3.28. The van der Waals surface area contributed by atoms with Gasteiger partial charge in [0.05, 0.1) is 13.2 Å². The van der Waals surface area contributed by atoms with Crippen LogP contribution in [0.2, 0.25) is 0 Å². The number of ether oxygens (including phenoxy) is 1. The topological polar surface area (TPSA) is 87.9 Å². The Balaban J connectivity index is 0.00000320. The molecule has 0 bridgehead atoms. The number of nitrogens with two attached hydrogens (primary N) is 1. The molecule has 8 heteroatoms. The van der Waals surface area contributed by atoms with E-state index in [0.29, 0.717) is 51.4 Å². The number of rotatable bonds is 7. The maximum atomic E-state index is 12.6. The monoisotopic (exact) mass is 432 g/mol. The highest BCUT2D eigenvalue weighted by Gasteiger charge is 2.23. The summed E-state index contributed by atoms with van der Waals surface area (Å²) in [6, 6.07) is 14.7. The van der Waals surface area contributed by atoms with Crippen LogP contribution >= 0.6 is 12.4 Å². The summed E-state index contributed by atoms with van der Waals surface area (Å²) in [7, 11) is 0. The van der Waals surface area contributed by atoms with Gasteiger partial charge in [-0.05, 0) is 48.9 Å². The summed E-state index contributed by atoms with van der Waals surface area (Å²) in [6.07, 6.45) is 0. The van der Waals surface area contributed by atoms with E-state index in [4.69, 9.17) is 10.5 Å². The van der Waals surface area contributed by atoms with Crippen molar-refractivity contribution in [3.63, 3.8) is 0 Å². The highest BCUT2D eigenvalue weighted by molar-refractivity contribution is 5.94. The molecule has 30 heavy (non-hydrogen) atoms. The Bertz CT molecular complexity index is 819. The molecule has 0 saturated carbocycles. The van der Waals surface area contributed by atoms with E-state index in [-0.39, 0.29) is 24.2 Å². The number of carbonyl (C=O) groups excluding carboxylic acids is 2. The highest BCUT2D eigenvalue weighted by atomic mass is 35.5. The van der Waals surface area contributed by atoms with Crippen LogP contribution in [-0.4, -0.2) is 60.9 Å². The van der Waals surface area contributed by atoms with Crippen molar-refractivity contribution in [2.45, 2.75) is 13.5 Å². The predicted molar refractivity (Wildman–Crippen MR) is 120 cm³/mol. The van der Waals surface area contributed by atoms with Crippen molar-refractivity contribution in [3.05, 3.63) is 59.7 Å². The molecule has 0 aliphatic carbocycles. The minimum atomic E-state index is -0.0636. The standard InChI is InChI=1S/C22H28N4O3.ClH/c1-2-29-20-9-7-19(8-10-20)24-21(27)16-25-11-13-26(14-12-25)22(28)18-5-3-17(15-23)4-6-18;/h3-10H,2,11-16,23H2,1H3,(H,24,27);1H. The van der Waals surface area contributed by atoms with Crippen molar-refractivity contribution in [2.24, 2.45) is 5.73 Å².